The maximum atomic E-state index is 13.9. The van der Waals surface area contributed by atoms with E-state index >= 15 is 0 Å². The van der Waals surface area contributed by atoms with Crippen molar-refractivity contribution in [2.45, 2.75) is 18.8 Å². The Kier molecular flexibility index (Phi) is 2.51. The van der Waals surface area contributed by atoms with Crippen LogP contribution in [0.4, 0.5) is 10.1 Å². The van der Waals surface area contributed by atoms with Crippen molar-refractivity contribution in [3.05, 3.63) is 41.5 Å². The second-order valence-corrected chi connectivity index (χ2v) is 4.71. The predicted octanol–water partition coefficient (Wildman–Crippen LogP) is 1.57. The highest BCUT2D eigenvalue weighted by molar-refractivity contribution is 5.98. The first-order valence-electron chi connectivity index (χ1n) is 6.01. The van der Waals surface area contributed by atoms with E-state index in [0.29, 0.717) is 5.92 Å². The van der Waals surface area contributed by atoms with Crippen LogP contribution in [-0.2, 0) is 0 Å². The number of anilines is 1. The number of carbonyl (C=O) groups excluding carboxylic acids is 1. The molecule has 1 aromatic carbocycles. The van der Waals surface area contributed by atoms with E-state index in [1.807, 2.05) is 6.07 Å². The van der Waals surface area contributed by atoms with Crippen LogP contribution in [0, 0.1) is 5.82 Å². The molecular weight excluding hydrogens is 247 g/mol. The van der Waals surface area contributed by atoms with Crippen LogP contribution in [-0.4, -0.2) is 15.7 Å². The molecule has 1 aliphatic rings. The first-order valence-corrected chi connectivity index (χ1v) is 6.01. The second kappa shape index (κ2) is 4.08. The molecule has 1 fully saturated rings. The van der Waals surface area contributed by atoms with Crippen LogP contribution in [0.1, 0.15) is 34.8 Å². The SMILES string of the molecule is NC(=O)c1cc(-n2ccc(C3CC3)n2)c(F)cc1N. The molecule has 3 rings (SSSR count). The number of aromatic nitrogens is 2. The zero-order valence-corrected chi connectivity index (χ0v) is 10.1. The van der Waals surface area contributed by atoms with Crippen molar-refractivity contribution in [3.63, 3.8) is 0 Å². The largest absolute Gasteiger partial charge is 0.398 e. The van der Waals surface area contributed by atoms with E-state index in [2.05, 4.69) is 5.10 Å². The molecule has 98 valence electrons. The number of nitrogens with two attached hydrogens (primary N) is 2. The highest BCUT2D eigenvalue weighted by Crippen LogP contribution is 2.39. The normalized spacial score (nSPS) is 14.6. The lowest BCUT2D eigenvalue weighted by molar-refractivity contribution is 0.100. The van der Waals surface area contributed by atoms with Gasteiger partial charge in [0.15, 0.2) is 5.82 Å². The molecule has 1 saturated carbocycles. The fourth-order valence-electron chi connectivity index (χ4n) is 2.04. The number of nitrogens with zero attached hydrogens (tertiary/aromatic N) is 2. The van der Waals surface area contributed by atoms with Crippen molar-refractivity contribution in [1.29, 1.82) is 0 Å². The fraction of sp³-hybridized carbons (Fsp3) is 0.231. The molecule has 0 atom stereocenters. The van der Waals surface area contributed by atoms with E-state index in [1.54, 1.807) is 6.20 Å². The molecule has 19 heavy (non-hydrogen) atoms. The van der Waals surface area contributed by atoms with E-state index < -0.39 is 11.7 Å². The second-order valence-electron chi connectivity index (χ2n) is 4.71. The summed E-state index contributed by atoms with van der Waals surface area (Å²) in [4.78, 5) is 11.2. The van der Waals surface area contributed by atoms with E-state index in [4.69, 9.17) is 11.5 Å². The molecule has 0 radical (unpaired) electrons. The minimum Gasteiger partial charge on any atom is -0.398 e. The average molecular weight is 260 g/mol. The Bertz CT molecular complexity index is 661. The van der Waals surface area contributed by atoms with Crippen LogP contribution in [0.3, 0.4) is 0 Å². The van der Waals surface area contributed by atoms with Crippen LogP contribution < -0.4 is 11.5 Å². The minimum atomic E-state index is -0.687. The number of halogens is 1. The van der Waals surface area contributed by atoms with Crippen molar-refractivity contribution < 1.29 is 9.18 Å². The number of amides is 1. The van der Waals surface area contributed by atoms with Gasteiger partial charge in [0.1, 0.15) is 5.69 Å². The average Bonchev–Trinajstić information content (AvgIpc) is 3.08. The molecular formula is C13H13FN4O. The first kappa shape index (κ1) is 11.7. The molecule has 1 aromatic heterocycles. The third kappa shape index (κ3) is 2.05. The van der Waals surface area contributed by atoms with Gasteiger partial charge in [-0.25, -0.2) is 9.07 Å². The fourth-order valence-corrected chi connectivity index (χ4v) is 2.04. The number of nitrogen functional groups attached to an aromatic ring is 1. The number of primary amides is 1. The Morgan fingerprint density at radius 1 is 1.42 bits per heavy atom. The third-order valence-corrected chi connectivity index (χ3v) is 3.24. The van der Waals surface area contributed by atoms with Crippen LogP contribution in [0.15, 0.2) is 24.4 Å². The molecule has 0 unspecified atom stereocenters. The smallest absolute Gasteiger partial charge is 0.250 e. The summed E-state index contributed by atoms with van der Waals surface area (Å²) in [6, 6.07) is 4.28. The summed E-state index contributed by atoms with van der Waals surface area (Å²) in [7, 11) is 0. The number of hydrogen-bond donors (Lipinski definition) is 2. The molecule has 1 aliphatic carbocycles. The summed E-state index contributed by atoms with van der Waals surface area (Å²) in [5.74, 6) is -0.741. The maximum Gasteiger partial charge on any atom is 0.250 e. The van der Waals surface area contributed by atoms with Gasteiger partial charge in [-0.2, -0.15) is 5.10 Å². The zero-order valence-electron chi connectivity index (χ0n) is 10.1. The van der Waals surface area contributed by atoms with Gasteiger partial charge >= 0.3 is 0 Å². The quantitative estimate of drug-likeness (QED) is 0.821. The summed E-state index contributed by atoms with van der Waals surface area (Å²) in [6.45, 7) is 0. The Morgan fingerprint density at radius 2 is 2.16 bits per heavy atom. The molecule has 0 spiro atoms. The van der Waals surface area contributed by atoms with E-state index in [9.17, 15) is 9.18 Å². The summed E-state index contributed by atoms with van der Waals surface area (Å²) >= 11 is 0. The summed E-state index contributed by atoms with van der Waals surface area (Å²) in [5.41, 5.74) is 12.0. The van der Waals surface area contributed by atoms with Crippen molar-refractivity contribution in [3.8, 4) is 5.69 Å². The van der Waals surface area contributed by atoms with Gasteiger partial charge in [-0.05, 0) is 31.0 Å². The van der Waals surface area contributed by atoms with Gasteiger partial charge in [0, 0.05) is 17.8 Å². The van der Waals surface area contributed by atoms with Crippen LogP contribution in [0.5, 0.6) is 0 Å². The van der Waals surface area contributed by atoms with Gasteiger partial charge in [0.25, 0.3) is 5.91 Å². The van der Waals surface area contributed by atoms with Crippen molar-refractivity contribution in [2.24, 2.45) is 5.73 Å². The number of rotatable bonds is 3. The van der Waals surface area contributed by atoms with Crippen LogP contribution in [0.2, 0.25) is 0 Å². The lowest BCUT2D eigenvalue weighted by Gasteiger charge is -2.08. The highest BCUT2D eigenvalue weighted by Gasteiger charge is 2.26. The van der Waals surface area contributed by atoms with Gasteiger partial charge in [-0.15, -0.1) is 0 Å². The van der Waals surface area contributed by atoms with Gasteiger partial charge in [-0.3, -0.25) is 4.79 Å². The zero-order chi connectivity index (χ0) is 13.6. The molecule has 0 saturated heterocycles. The molecule has 1 heterocycles. The number of hydrogen-bond acceptors (Lipinski definition) is 3. The molecule has 0 aliphatic heterocycles. The van der Waals surface area contributed by atoms with E-state index in [0.717, 1.165) is 24.6 Å². The monoisotopic (exact) mass is 260 g/mol. The summed E-state index contributed by atoms with van der Waals surface area (Å²) < 4.78 is 15.3. The molecule has 1 amide bonds. The Hall–Kier alpha value is -2.37. The molecule has 6 heteroatoms. The van der Waals surface area contributed by atoms with E-state index in [1.165, 1.54) is 10.7 Å². The summed E-state index contributed by atoms with van der Waals surface area (Å²) in [6.07, 6.45) is 3.91. The molecule has 0 bridgehead atoms. The number of carbonyl (C=O) groups is 1. The topological polar surface area (TPSA) is 86.9 Å². The molecule has 5 nitrogen and oxygen atoms in total. The van der Waals surface area contributed by atoms with Gasteiger partial charge < -0.3 is 11.5 Å². The van der Waals surface area contributed by atoms with Crippen LogP contribution in [0.25, 0.3) is 5.69 Å². The van der Waals surface area contributed by atoms with Gasteiger partial charge in [0.05, 0.1) is 11.3 Å². The predicted molar refractivity (Wildman–Crippen MR) is 68.4 cm³/mol. The molecule has 4 N–H and O–H groups in total. The summed E-state index contributed by atoms with van der Waals surface area (Å²) in [5, 5.41) is 4.32. The van der Waals surface area contributed by atoms with Crippen molar-refractivity contribution in [2.75, 3.05) is 5.73 Å². The Balaban J connectivity index is 2.07. The van der Waals surface area contributed by atoms with Crippen molar-refractivity contribution in [1.82, 2.24) is 9.78 Å². The van der Waals surface area contributed by atoms with Gasteiger partial charge in [0.2, 0.25) is 0 Å². The van der Waals surface area contributed by atoms with Gasteiger partial charge in [-0.1, -0.05) is 0 Å². The maximum absolute atomic E-state index is 13.9. The first-order chi connectivity index (χ1) is 9.06. The lowest BCUT2D eigenvalue weighted by atomic mass is 10.1. The van der Waals surface area contributed by atoms with E-state index in [-0.39, 0.29) is 16.9 Å². The number of benzene rings is 1. The highest BCUT2D eigenvalue weighted by atomic mass is 19.1. The minimum absolute atomic E-state index is 0.0309. The third-order valence-electron chi connectivity index (χ3n) is 3.24. The lowest BCUT2D eigenvalue weighted by Crippen LogP contribution is -2.15. The van der Waals surface area contributed by atoms with Crippen molar-refractivity contribution >= 4 is 11.6 Å². The Morgan fingerprint density at radius 3 is 2.79 bits per heavy atom. The van der Waals surface area contributed by atoms with Crippen LogP contribution >= 0.6 is 0 Å². The molecule has 2 aromatic rings. The standard InChI is InChI=1S/C13H13FN4O/c14-9-6-10(15)8(13(16)19)5-12(9)18-4-3-11(17-18)7-1-2-7/h3-7H,1-2,15H2,(H2,16,19). The Labute approximate surface area is 109 Å².